The lowest BCUT2D eigenvalue weighted by atomic mass is 9.96. The fourth-order valence-corrected chi connectivity index (χ4v) is 2.21. The molecule has 0 aliphatic rings. The first-order valence-corrected chi connectivity index (χ1v) is 6.82. The standard InChI is InChI=1S/C16H19ClN2/c1-11(2)13-5-8-16(19-18)14(10-13)9-12-3-6-15(17)7-4-12/h3-8,10-11,19H,9,18H2,1-2H3. The Morgan fingerprint density at radius 1 is 1.11 bits per heavy atom. The van der Waals surface area contributed by atoms with E-state index < -0.39 is 0 Å². The van der Waals surface area contributed by atoms with Crippen LogP contribution in [0.4, 0.5) is 5.69 Å². The summed E-state index contributed by atoms with van der Waals surface area (Å²) in [7, 11) is 0. The molecule has 3 N–H and O–H groups in total. The minimum Gasteiger partial charge on any atom is -0.324 e. The zero-order valence-corrected chi connectivity index (χ0v) is 12.0. The van der Waals surface area contributed by atoms with E-state index >= 15 is 0 Å². The van der Waals surface area contributed by atoms with Crippen molar-refractivity contribution < 1.29 is 0 Å². The van der Waals surface area contributed by atoms with Gasteiger partial charge in [0.05, 0.1) is 5.69 Å². The maximum atomic E-state index is 5.91. The summed E-state index contributed by atoms with van der Waals surface area (Å²) in [5.74, 6) is 6.09. The van der Waals surface area contributed by atoms with E-state index in [0.29, 0.717) is 5.92 Å². The molecular formula is C16H19ClN2. The number of nitrogens with one attached hydrogen (secondary N) is 1. The molecule has 100 valence electrons. The molecule has 2 nitrogen and oxygen atoms in total. The number of rotatable bonds is 4. The van der Waals surface area contributed by atoms with Gasteiger partial charge in [0.15, 0.2) is 0 Å². The normalized spacial score (nSPS) is 10.8. The third-order valence-electron chi connectivity index (χ3n) is 3.26. The second kappa shape index (κ2) is 6.09. The highest BCUT2D eigenvalue weighted by Gasteiger charge is 2.06. The minimum absolute atomic E-state index is 0.510. The van der Waals surface area contributed by atoms with Crippen LogP contribution in [-0.2, 0) is 6.42 Å². The summed E-state index contributed by atoms with van der Waals surface area (Å²) in [5.41, 5.74) is 7.49. The Bertz CT molecular complexity index is 547. The lowest BCUT2D eigenvalue weighted by Crippen LogP contribution is -2.10. The largest absolute Gasteiger partial charge is 0.324 e. The van der Waals surface area contributed by atoms with E-state index in [1.54, 1.807) is 0 Å². The fraction of sp³-hybridized carbons (Fsp3) is 0.250. The molecule has 3 heteroatoms. The molecule has 0 spiro atoms. The minimum atomic E-state index is 0.510. The van der Waals surface area contributed by atoms with Crippen LogP contribution in [-0.4, -0.2) is 0 Å². The highest BCUT2D eigenvalue weighted by molar-refractivity contribution is 6.30. The summed E-state index contributed by atoms with van der Waals surface area (Å²) in [4.78, 5) is 0. The topological polar surface area (TPSA) is 38.0 Å². The zero-order chi connectivity index (χ0) is 13.8. The van der Waals surface area contributed by atoms with Gasteiger partial charge < -0.3 is 5.43 Å². The molecule has 0 amide bonds. The molecular weight excluding hydrogens is 256 g/mol. The number of nitrogens with two attached hydrogens (primary N) is 1. The first-order valence-electron chi connectivity index (χ1n) is 6.44. The summed E-state index contributed by atoms with van der Waals surface area (Å²) in [5, 5.41) is 0.761. The molecule has 0 fully saturated rings. The molecule has 0 heterocycles. The van der Waals surface area contributed by atoms with Crippen LogP contribution >= 0.6 is 11.6 Å². The quantitative estimate of drug-likeness (QED) is 0.643. The maximum Gasteiger partial charge on any atom is 0.0520 e. The van der Waals surface area contributed by atoms with Gasteiger partial charge in [-0.2, -0.15) is 0 Å². The highest BCUT2D eigenvalue weighted by atomic mass is 35.5. The van der Waals surface area contributed by atoms with Gasteiger partial charge in [0.25, 0.3) is 0 Å². The predicted molar refractivity (Wildman–Crippen MR) is 82.6 cm³/mol. The van der Waals surface area contributed by atoms with Crippen molar-refractivity contribution in [2.75, 3.05) is 5.43 Å². The number of hydrazine groups is 1. The van der Waals surface area contributed by atoms with E-state index in [4.69, 9.17) is 17.4 Å². The number of anilines is 1. The molecule has 0 unspecified atom stereocenters. The molecule has 2 aromatic rings. The van der Waals surface area contributed by atoms with E-state index in [-0.39, 0.29) is 0 Å². The SMILES string of the molecule is CC(C)c1ccc(NN)c(Cc2ccc(Cl)cc2)c1. The maximum absolute atomic E-state index is 5.91. The van der Waals surface area contributed by atoms with Crippen molar-refractivity contribution in [2.45, 2.75) is 26.2 Å². The van der Waals surface area contributed by atoms with Crippen molar-refractivity contribution in [1.82, 2.24) is 0 Å². The summed E-state index contributed by atoms with van der Waals surface area (Å²) >= 11 is 5.91. The molecule has 2 aromatic carbocycles. The van der Waals surface area contributed by atoms with Crippen molar-refractivity contribution in [2.24, 2.45) is 5.84 Å². The van der Waals surface area contributed by atoms with Gasteiger partial charge in [0.2, 0.25) is 0 Å². The molecule has 0 atom stereocenters. The average molecular weight is 275 g/mol. The Morgan fingerprint density at radius 2 is 1.79 bits per heavy atom. The van der Waals surface area contributed by atoms with E-state index in [2.05, 4.69) is 31.4 Å². The number of hydrogen-bond acceptors (Lipinski definition) is 2. The van der Waals surface area contributed by atoms with Crippen molar-refractivity contribution in [1.29, 1.82) is 0 Å². The van der Waals surface area contributed by atoms with Gasteiger partial charge >= 0.3 is 0 Å². The molecule has 0 aromatic heterocycles. The molecule has 19 heavy (non-hydrogen) atoms. The van der Waals surface area contributed by atoms with Crippen LogP contribution in [0.2, 0.25) is 5.02 Å². The molecule has 0 radical (unpaired) electrons. The molecule has 0 saturated carbocycles. The van der Waals surface area contributed by atoms with E-state index in [1.165, 1.54) is 16.7 Å². The Morgan fingerprint density at radius 3 is 2.37 bits per heavy atom. The van der Waals surface area contributed by atoms with Gasteiger partial charge in [-0.15, -0.1) is 0 Å². The van der Waals surface area contributed by atoms with E-state index in [9.17, 15) is 0 Å². The van der Waals surface area contributed by atoms with Gasteiger partial charge in [-0.1, -0.05) is 49.7 Å². The second-order valence-corrected chi connectivity index (χ2v) is 5.46. The lowest BCUT2D eigenvalue weighted by Gasteiger charge is -2.13. The van der Waals surface area contributed by atoms with Crippen LogP contribution in [0.5, 0.6) is 0 Å². The monoisotopic (exact) mass is 274 g/mol. The Kier molecular flexibility index (Phi) is 4.46. The van der Waals surface area contributed by atoms with E-state index in [1.807, 2.05) is 30.3 Å². The molecule has 0 saturated heterocycles. The Hall–Kier alpha value is -1.51. The third-order valence-corrected chi connectivity index (χ3v) is 3.51. The smallest absolute Gasteiger partial charge is 0.0520 e. The third kappa shape index (κ3) is 3.49. The summed E-state index contributed by atoms with van der Waals surface area (Å²) < 4.78 is 0. The van der Waals surface area contributed by atoms with Gasteiger partial charge in [-0.3, -0.25) is 5.84 Å². The van der Waals surface area contributed by atoms with Crippen LogP contribution in [0.25, 0.3) is 0 Å². The first kappa shape index (κ1) is 13.9. The first-order chi connectivity index (χ1) is 9.10. The molecule has 0 bridgehead atoms. The number of halogens is 1. The van der Waals surface area contributed by atoms with Crippen molar-refractivity contribution in [3.05, 3.63) is 64.2 Å². The van der Waals surface area contributed by atoms with Crippen LogP contribution in [0.1, 0.15) is 36.5 Å². The summed E-state index contributed by atoms with van der Waals surface area (Å²) in [6, 6.07) is 14.3. The molecule has 2 rings (SSSR count). The lowest BCUT2D eigenvalue weighted by molar-refractivity contribution is 0.863. The number of hydrogen-bond donors (Lipinski definition) is 2. The second-order valence-electron chi connectivity index (χ2n) is 5.02. The van der Waals surface area contributed by atoms with Gasteiger partial charge in [0, 0.05) is 5.02 Å². The van der Waals surface area contributed by atoms with Crippen molar-refractivity contribution >= 4 is 17.3 Å². The highest BCUT2D eigenvalue weighted by Crippen LogP contribution is 2.24. The van der Waals surface area contributed by atoms with Crippen LogP contribution < -0.4 is 11.3 Å². The van der Waals surface area contributed by atoms with Crippen molar-refractivity contribution in [3.8, 4) is 0 Å². The predicted octanol–water partition coefficient (Wildman–Crippen LogP) is 4.34. The van der Waals surface area contributed by atoms with Crippen molar-refractivity contribution in [3.63, 3.8) is 0 Å². The summed E-state index contributed by atoms with van der Waals surface area (Å²) in [6.45, 7) is 4.38. The number of benzene rings is 2. The van der Waals surface area contributed by atoms with Gasteiger partial charge in [-0.25, -0.2) is 0 Å². The molecule has 0 aliphatic carbocycles. The van der Waals surface area contributed by atoms with Crippen LogP contribution in [0.15, 0.2) is 42.5 Å². The van der Waals surface area contributed by atoms with Crippen LogP contribution in [0.3, 0.4) is 0 Å². The number of nitrogen functional groups attached to an aromatic ring is 1. The Labute approximate surface area is 119 Å². The van der Waals surface area contributed by atoms with Gasteiger partial charge in [0.1, 0.15) is 0 Å². The summed E-state index contributed by atoms with van der Waals surface area (Å²) in [6.07, 6.45) is 0.845. The fourth-order valence-electron chi connectivity index (χ4n) is 2.08. The Balaban J connectivity index is 2.31. The van der Waals surface area contributed by atoms with E-state index in [0.717, 1.165) is 17.1 Å². The molecule has 0 aliphatic heterocycles. The average Bonchev–Trinajstić information content (AvgIpc) is 2.41. The van der Waals surface area contributed by atoms with Gasteiger partial charge in [-0.05, 0) is 47.2 Å². The van der Waals surface area contributed by atoms with Crippen LogP contribution in [0, 0.1) is 0 Å². The zero-order valence-electron chi connectivity index (χ0n) is 11.3.